The van der Waals surface area contributed by atoms with Crippen molar-refractivity contribution in [2.45, 2.75) is 32.0 Å². The zero-order chi connectivity index (χ0) is 19.6. The predicted molar refractivity (Wildman–Crippen MR) is 96.4 cm³/mol. The van der Waals surface area contributed by atoms with Gasteiger partial charge >= 0.3 is 12.1 Å². The van der Waals surface area contributed by atoms with Crippen LogP contribution in [0.25, 0.3) is 0 Å². The molecule has 3 rings (SSSR count). The van der Waals surface area contributed by atoms with Gasteiger partial charge in [-0.3, -0.25) is 9.69 Å². The number of benzene rings is 2. The minimum absolute atomic E-state index is 0.332. The van der Waals surface area contributed by atoms with Crippen LogP contribution in [0.5, 0.6) is 0 Å². The number of alkyl halides is 3. The van der Waals surface area contributed by atoms with Crippen molar-refractivity contribution in [3.63, 3.8) is 0 Å². The van der Waals surface area contributed by atoms with E-state index in [2.05, 4.69) is 4.90 Å². The molecule has 1 atom stereocenters. The van der Waals surface area contributed by atoms with Gasteiger partial charge in [0.15, 0.2) is 0 Å². The summed E-state index contributed by atoms with van der Waals surface area (Å²) >= 11 is 0. The molecular weight excluding hydrogens is 355 g/mol. The Bertz CT molecular complexity index is 811. The number of piperidine rings is 1. The molecule has 1 fully saturated rings. The highest BCUT2D eigenvalue weighted by molar-refractivity contribution is 5.70. The lowest BCUT2D eigenvalue weighted by molar-refractivity contribution is -0.143. The summed E-state index contributed by atoms with van der Waals surface area (Å²) < 4.78 is 39.6. The first kappa shape index (κ1) is 19.4. The molecule has 0 bridgehead atoms. The van der Waals surface area contributed by atoms with E-state index in [1.165, 1.54) is 12.1 Å². The minimum atomic E-state index is -4.40. The lowest BCUT2D eigenvalue weighted by atomic mass is 9.90. The van der Waals surface area contributed by atoms with Crippen molar-refractivity contribution < 1.29 is 23.1 Å². The smallest absolute Gasteiger partial charge is 0.416 e. The van der Waals surface area contributed by atoms with Crippen molar-refractivity contribution in [3.05, 3.63) is 70.8 Å². The number of aryl methyl sites for hydroxylation is 1. The molecule has 0 radical (unpaired) electrons. The van der Waals surface area contributed by atoms with Crippen molar-refractivity contribution in [2.24, 2.45) is 5.92 Å². The van der Waals surface area contributed by atoms with E-state index in [1.54, 1.807) is 6.07 Å². The van der Waals surface area contributed by atoms with Gasteiger partial charge in [0, 0.05) is 0 Å². The molecule has 6 heteroatoms. The van der Waals surface area contributed by atoms with Crippen LogP contribution >= 0.6 is 0 Å². The molecule has 0 amide bonds. The maximum Gasteiger partial charge on any atom is 0.416 e. The molecular formula is C21H22F3NO2. The molecule has 2 aromatic carbocycles. The van der Waals surface area contributed by atoms with E-state index in [4.69, 9.17) is 0 Å². The Kier molecular flexibility index (Phi) is 5.56. The predicted octanol–water partition coefficient (Wildman–Crippen LogP) is 4.90. The van der Waals surface area contributed by atoms with Gasteiger partial charge in [0.1, 0.15) is 0 Å². The van der Waals surface area contributed by atoms with Crippen LogP contribution in [0.3, 0.4) is 0 Å². The number of rotatable bonds is 4. The van der Waals surface area contributed by atoms with Crippen molar-refractivity contribution in [3.8, 4) is 0 Å². The molecule has 0 saturated carbocycles. The van der Waals surface area contributed by atoms with E-state index < -0.39 is 17.7 Å². The average molecular weight is 377 g/mol. The SMILES string of the molecule is Cc1cccc(C(c2cccc(C(F)(F)F)c2)N2CCC(C(=O)O)CC2)c1. The number of hydrogen-bond donors (Lipinski definition) is 1. The summed E-state index contributed by atoms with van der Waals surface area (Å²) in [5, 5.41) is 9.22. The van der Waals surface area contributed by atoms with Crippen molar-refractivity contribution >= 4 is 5.97 Å². The zero-order valence-corrected chi connectivity index (χ0v) is 15.0. The maximum absolute atomic E-state index is 13.2. The third kappa shape index (κ3) is 4.50. The number of nitrogens with zero attached hydrogens (tertiary/aromatic N) is 1. The monoisotopic (exact) mass is 377 g/mol. The molecule has 1 aliphatic rings. The topological polar surface area (TPSA) is 40.5 Å². The van der Waals surface area contributed by atoms with Crippen LogP contribution in [-0.4, -0.2) is 29.1 Å². The molecule has 1 unspecified atom stereocenters. The second kappa shape index (κ2) is 7.72. The Morgan fingerprint density at radius 2 is 1.67 bits per heavy atom. The van der Waals surface area contributed by atoms with Crippen LogP contribution < -0.4 is 0 Å². The highest BCUT2D eigenvalue weighted by Gasteiger charge is 2.33. The fourth-order valence-electron chi connectivity index (χ4n) is 3.74. The van der Waals surface area contributed by atoms with Crippen LogP contribution in [0.2, 0.25) is 0 Å². The number of carboxylic acid groups (broad SMARTS) is 1. The standard InChI is InChI=1S/C21H22F3NO2/c1-14-4-2-5-16(12-14)19(25-10-8-15(9-11-25)20(26)27)17-6-3-7-18(13-17)21(22,23)24/h2-7,12-13,15,19H,8-11H2,1H3,(H,26,27). The second-order valence-electron chi connectivity index (χ2n) is 7.09. The molecule has 1 aliphatic heterocycles. The maximum atomic E-state index is 13.2. The molecule has 1 N–H and O–H groups in total. The number of carboxylic acids is 1. The Morgan fingerprint density at radius 3 is 2.22 bits per heavy atom. The number of hydrogen-bond acceptors (Lipinski definition) is 2. The molecule has 0 aliphatic carbocycles. The first-order valence-electron chi connectivity index (χ1n) is 8.96. The summed E-state index contributed by atoms with van der Waals surface area (Å²) in [6.07, 6.45) is -3.41. The lowest BCUT2D eigenvalue weighted by Crippen LogP contribution is -2.39. The molecule has 3 nitrogen and oxygen atoms in total. The normalized spacial score (nSPS) is 17.6. The Hall–Kier alpha value is -2.34. The largest absolute Gasteiger partial charge is 0.481 e. The van der Waals surface area contributed by atoms with Crippen LogP contribution in [0.4, 0.5) is 13.2 Å². The number of halogens is 3. The lowest BCUT2D eigenvalue weighted by Gasteiger charge is -2.37. The molecule has 0 spiro atoms. The van der Waals surface area contributed by atoms with E-state index in [0.717, 1.165) is 17.2 Å². The minimum Gasteiger partial charge on any atom is -0.481 e. The van der Waals surface area contributed by atoms with Crippen LogP contribution in [0.1, 0.15) is 41.1 Å². The average Bonchev–Trinajstić information content (AvgIpc) is 2.62. The van der Waals surface area contributed by atoms with Gasteiger partial charge in [-0.25, -0.2) is 0 Å². The molecule has 144 valence electrons. The van der Waals surface area contributed by atoms with E-state index in [0.29, 0.717) is 31.5 Å². The Labute approximate surface area is 156 Å². The van der Waals surface area contributed by atoms with E-state index in [9.17, 15) is 23.1 Å². The first-order valence-corrected chi connectivity index (χ1v) is 8.96. The van der Waals surface area contributed by atoms with E-state index >= 15 is 0 Å². The van der Waals surface area contributed by atoms with Gasteiger partial charge in [-0.2, -0.15) is 13.2 Å². The summed E-state index contributed by atoms with van der Waals surface area (Å²) in [6, 6.07) is 12.8. The van der Waals surface area contributed by atoms with Gasteiger partial charge in [0.05, 0.1) is 17.5 Å². The summed E-state index contributed by atoms with van der Waals surface area (Å²) in [4.78, 5) is 13.3. The van der Waals surface area contributed by atoms with Gasteiger partial charge < -0.3 is 5.11 Å². The fraction of sp³-hybridized carbons (Fsp3) is 0.381. The quantitative estimate of drug-likeness (QED) is 0.824. The van der Waals surface area contributed by atoms with Crippen LogP contribution in [-0.2, 0) is 11.0 Å². The summed E-state index contributed by atoms with van der Waals surface area (Å²) in [7, 11) is 0. The van der Waals surface area contributed by atoms with Crippen molar-refractivity contribution in [1.82, 2.24) is 4.90 Å². The van der Waals surface area contributed by atoms with Gasteiger partial charge in [0.2, 0.25) is 0 Å². The van der Waals surface area contributed by atoms with Crippen molar-refractivity contribution in [1.29, 1.82) is 0 Å². The number of aliphatic carboxylic acids is 1. The fourth-order valence-corrected chi connectivity index (χ4v) is 3.74. The van der Waals surface area contributed by atoms with Gasteiger partial charge in [-0.05, 0) is 56.1 Å². The summed E-state index contributed by atoms with van der Waals surface area (Å²) in [5.41, 5.74) is 1.86. The molecule has 1 saturated heterocycles. The Balaban J connectivity index is 1.98. The van der Waals surface area contributed by atoms with Crippen LogP contribution in [0.15, 0.2) is 48.5 Å². The third-order valence-corrected chi connectivity index (χ3v) is 5.13. The summed E-state index contributed by atoms with van der Waals surface area (Å²) in [5.74, 6) is -1.19. The molecule has 2 aromatic rings. The van der Waals surface area contributed by atoms with Gasteiger partial charge in [-0.15, -0.1) is 0 Å². The first-order chi connectivity index (χ1) is 12.8. The number of likely N-dealkylation sites (tertiary alicyclic amines) is 1. The summed E-state index contributed by atoms with van der Waals surface area (Å²) in [6.45, 7) is 3.01. The zero-order valence-electron chi connectivity index (χ0n) is 15.0. The third-order valence-electron chi connectivity index (χ3n) is 5.13. The molecule has 27 heavy (non-hydrogen) atoms. The number of carbonyl (C=O) groups is 1. The van der Waals surface area contributed by atoms with Crippen LogP contribution in [0, 0.1) is 12.8 Å². The second-order valence-corrected chi connectivity index (χ2v) is 7.09. The Morgan fingerprint density at radius 1 is 1.07 bits per heavy atom. The van der Waals surface area contributed by atoms with E-state index in [1.807, 2.05) is 31.2 Å². The van der Waals surface area contributed by atoms with Crippen molar-refractivity contribution in [2.75, 3.05) is 13.1 Å². The van der Waals surface area contributed by atoms with E-state index in [-0.39, 0.29) is 12.0 Å². The molecule has 0 aromatic heterocycles. The van der Waals surface area contributed by atoms with Gasteiger partial charge in [0.25, 0.3) is 0 Å². The highest BCUT2D eigenvalue weighted by atomic mass is 19.4. The molecule has 1 heterocycles. The van der Waals surface area contributed by atoms with Gasteiger partial charge in [-0.1, -0.05) is 42.0 Å². The highest BCUT2D eigenvalue weighted by Crippen LogP contribution is 2.36.